The van der Waals surface area contributed by atoms with Gasteiger partial charge in [-0.1, -0.05) is 22.8 Å². The molecule has 0 unspecified atom stereocenters. The standard InChI is InChI=1S/C19H16ClN3O4/c1-26-15-7-5-12(6-8-15)18(24)21-11-16-10-17(23-27-16)19(25)22-14-4-2-3-13(20)9-14/h2-10H,11H2,1H3,(H,21,24)(H,22,25). The van der Waals surface area contributed by atoms with Crippen LogP contribution in [0.5, 0.6) is 5.75 Å². The van der Waals surface area contributed by atoms with Gasteiger partial charge in [0.2, 0.25) is 0 Å². The first-order chi connectivity index (χ1) is 13.0. The van der Waals surface area contributed by atoms with Crippen LogP contribution >= 0.6 is 11.6 Å². The summed E-state index contributed by atoms with van der Waals surface area (Å²) in [6.07, 6.45) is 0. The van der Waals surface area contributed by atoms with Gasteiger partial charge in [-0.05, 0) is 42.5 Å². The zero-order valence-electron chi connectivity index (χ0n) is 14.4. The molecule has 0 fully saturated rings. The van der Waals surface area contributed by atoms with E-state index < -0.39 is 5.91 Å². The van der Waals surface area contributed by atoms with Crippen LogP contribution in [0.25, 0.3) is 0 Å². The quantitative estimate of drug-likeness (QED) is 0.677. The lowest BCUT2D eigenvalue weighted by Gasteiger charge is -2.04. The van der Waals surface area contributed by atoms with Crippen LogP contribution in [0.3, 0.4) is 0 Å². The normalized spacial score (nSPS) is 10.3. The average Bonchev–Trinajstić information content (AvgIpc) is 3.15. The van der Waals surface area contributed by atoms with E-state index in [0.29, 0.717) is 27.8 Å². The van der Waals surface area contributed by atoms with Gasteiger partial charge < -0.3 is 19.9 Å². The summed E-state index contributed by atoms with van der Waals surface area (Å²) in [5, 5.41) is 9.60. The van der Waals surface area contributed by atoms with Crippen molar-refractivity contribution < 1.29 is 18.8 Å². The maximum atomic E-state index is 12.2. The number of carbonyl (C=O) groups excluding carboxylic acids is 2. The van der Waals surface area contributed by atoms with Gasteiger partial charge in [-0.25, -0.2) is 0 Å². The number of aromatic nitrogens is 1. The summed E-state index contributed by atoms with van der Waals surface area (Å²) in [6, 6.07) is 14.9. The molecular formula is C19H16ClN3O4. The molecular weight excluding hydrogens is 370 g/mol. The summed E-state index contributed by atoms with van der Waals surface area (Å²) in [5.41, 5.74) is 1.13. The number of rotatable bonds is 6. The number of hydrogen-bond donors (Lipinski definition) is 2. The fourth-order valence-corrected chi connectivity index (χ4v) is 2.47. The van der Waals surface area contributed by atoms with E-state index in [9.17, 15) is 9.59 Å². The molecule has 0 aliphatic rings. The van der Waals surface area contributed by atoms with Crippen LogP contribution in [0.1, 0.15) is 26.6 Å². The van der Waals surface area contributed by atoms with Crippen LogP contribution in [-0.4, -0.2) is 24.1 Å². The molecule has 2 N–H and O–H groups in total. The first-order valence-corrected chi connectivity index (χ1v) is 8.38. The fourth-order valence-electron chi connectivity index (χ4n) is 2.28. The number of methoxy groups -OCH3 is 1. The molecule has 0 atom stereocenters. The monoisotopic (exact) mass is 385 g/mol. The van der Waals surface area contributed by atoms with Gasteiger partial charge in [0, 0.05) is 22.3 Å². The minimum atomic E-state index is -0.436. The molecule has 0 spiro atoms. The number of nitrogens with zero attached hydrogens (tertiary/aromatic N) is 1. The molecule has 1 heterocycles. The number of carbonyl (C=O) groups is 2. The Bertz CT molecular complexity index is 954. The van der Waals surface area contributed by atoms with E-state index in [-0.39, 0.29) is 18.1 Å². The molecule has 0 aliphatic carbocycles. The molecule has 8 heteroatoms. The van der Waals surface area contributed by atoms with Crippen molar-refractivity contribution >= 4 is 29.1 Å². The maximum absolute atomic E-state index is 12.2. The largest absolute Gasteiger partial charge is 0.497 e. The van der Waals surface area contributed by atoms with Gasteiger partial charge in [0.05, 0.1) is 13.7 Å². The second kappa shape index (κ2) is 8.37. The molecule has 0 aliphatic heterocycles. The Morgan fingerprint density at radius 2 is 1.89 bits per heavy atom. The van der Waals surface area contributed by atoms with Crippen molar-refractivity contribution in [2.24, 2.45) is 0 Å². The minimum absolute atomic E-state index is 0.0995. The number of amides is 2. The summed E-state index contributed by atoms with van der Waals surface area (Å²) in [4.78, 5) is 24.3. The third-order valence-corrected chi connectivity index (χ3v) is 3.88. The minimum Gasteiger partial charge on any atom is -0.497 e. The predicted molar refractivity (Wildman–Crippen MR) is 100 cm³/mol. The molecule has 7 nitrogen and oxygen atoms in total. The molecule has 0 saturated carbocycles. The number of nitrogens with one attached hydrogen (secondary N) is 2. The lowest BCUT2D eigenvalue weighted by molar-refractivity contribution is 0.0945. The highest BCUT2D eigenvalue weighted by Gasteiger charge is 2.14. The van der Waals surface area contributed by atoms with E-state index in [0.717, 1.165) is 0 Å². The third-order valence-electron chi connectivity index (χ3n) is 3.65. The van der Waals surface area contributed by atoms with Crippen molar-refractivity contribution in [2.45, 2.75) is 6.54 Å². The highest BCUT2D eigenvalue weighted by Crippen LogP contribution is 2.16. The number of halogens is 1. The van der Waals surface area contributed by atoms with Crippen molar-refractivity contribution in [3.05, 3.63) is 76.6 Å². The van der Waals surface area contributed by atoms with Gasteiger partial charge in [-0.2, -0.15) is 0 Å². The van der Waals surface area contributed by atoms with Gasteiger partial charge >= 0.3 is 0 Å². The first-order valence-electron chi connectivity index (χ1n) is 8.00. The molecule has 0 saturated heterocycles. The van der Waals surface area contributed by atoms with Gasteiger partial charge in [0.25, 0.3) is 11.8 Å². The molecule has 3 rings (SSSR count). The highest BCUT2D eigenvalue weighted by molar-refractivity contribution is 6.30. The lowest BCUT2D eigenvalue weighted by atomic mass is 10.2. The van der Waals surface area contributed by atoms with Crippen molar-refractivity contribution in [3.63, 3.8) is 0 Å². The van der Waals surface area contributed by atoms with Crippen molar-refractivity contribution in [1.82, 2.24) is 10.5 Å². The van der Waals surface area contributed by atoms with E-state index >= 15 is 0 Å². The summed E-state index contributed by atoms with van der Waals surface area (Å²) in [5.74, 6) is 0.304. The molecule has 138 valence electrons. The Balaban J connectivity index is 1.57. The number of hydrogen-bond acceptors (Lipinski definition) is 5. The predicted octanol–water partition coefficient (Wildman–Crippen LogP) is 3.52. The topological polar surface area (TPSA) is 93.5 Å². The molecule has 2 aromatic carbocycles. The molecule has 27 heavy (non-hydrogen) atoms. The lowest BCUT2D eigenvalue weighted by Crippen LogP contribution is -2.22. The van der Waals surface area contributed by atoms with Crippen LogP contribution in [-0.2, 0) is 6.54 Å². The van der Waals surface area contributed by atoms with Crippen LogP contribution in [0, 0.1) is 0 Å². The number of anilines is 1. The molecule has 3 aromatic rings. The molecule has 0 radical (unpaired) electrons. The van der Waals surface area contributed by atoms with Gasteiger partial charge in [0.1, 0.15) is 5.75 Å². The van der Waals surface area contributed by atoms with Crippen molar-refractivity contribution in [3.8, 4) is 5.75 Å². The molecule has 1 aromatic heterocycles. The summed E-state index contributed by atoms with van der Waals surface area (Å²) in [7, 11) is 1.55. The van der Waals surface area contributed by atoms with Crippen molar-refractivity contribution in [2.75, 3.05) is 12.4 Å². The van der Waals surface area contributed by atoms with E-state index in [2.05, 4.69) is 15.8 Å². The van der Waals surface area contributed by atoms with Crippen LogP contribution < -0.4 is 15.4 Å². The number of ether oxygens (including phenoxy) is 1. The second-order valence-corrected chi connectivity index (χ2v) is 5.99. The second-order valence-electron chi connectivity index (χ2n) is 5.55. The Kier molecular flexibility index (Phi) is 5.73. The zero-order valence-corrected chi connectivity index (χ0v) is 15.1. The van der Waals surface area contributed by atoms with E-state index in [1.54, 1.807) is 55.6 Å². The summed E-state index contributed by atoms with van der Waals surface area (Å²) in [6.45, 7) is 0.0995. The van der Waals surface area contributed by atoms with Crippen LogP contribution in [0.15, 0.2) is 59.1 Å². The Labute approximate surface area is 160 Å². The Hall–Kier alpha value is -3.32. The van der Waals surface area contributed by atoms with E-state index in [4.69, 9.17) is 20.9 Å². The SMILES string of the molecule is COc1ccc(C(=O)NCc2cc(C(=O)Nc3cccc(Cl)c3)no2)cc1. The average molecular weight is 386 g/mol. The third kappa shape index (κ3) is 4.86. The van der Waals surface area contributed by atoms with E-state index in [1.807, 2.05) is 0 Å². The highest BCUT2D eigenvalue weighted by atomic mass is 35.5. The molecule has 2 amide bonds. The van der Waals surface area contributed by atoms with Gasteiger partial charge in [-0.15, -0.1) is 0 Å². The van der Waals surface area contributed by atoms with Crippen molar-refractivity contribution in [1.29, 1.82) is 0 Å². The Morgan fingerprint density at radius 3 is 2.59 bits per heavy atom. The van der Waals surface area contributed by atoms with Crippen LogP contribution in [0.2, 0.25) is 5.02 Å². The summed E-state index contributed by atoms with van der Waals surface area (Å²) >= 11 is 5.88. The summed E-state index contributed by atoms with van der Waals surface area (Å²) < 4.78 is 10.2. The van der Waals surface area contributed by atoms with E-state index in [1.165, 1.54) is 6.07 Å². The van der Waals surface area contributed by atoms with Crippen LogP contribution in [0.4, 0.5) is 5.69 Å². The maximum Gasteiger partial charge on any atom is 0.277 e. The molecule has 0 bridgehead atoms. The van der Waals surface area contributed by atoms with Gasteiger partial charge in [-0.3, -0.25) is 9.59 Å². The van der Waals surface area contributed by atoms with Gasteiger partial charge in [0.15, 0.2) is 11.5 Å². The number of benzene rings is 2. The zero-order chi connectivity index (χ0) is 19.2. The fraction of sp³-hybridized carbons (Fsp3) is 0.105. The Morgan fingerprint density at radius 1 is 1.11 bits per heavy atom. The first kappa shape index (κ1) is 18.5. The smallest absolute Gasteiger partial charge is 0.277 e.